The van der Waals surface area contributed by atoms with Crippen molar-refractivity contribution >= 4 is 42.1 Å². The first-order chi connectivity index (χ1) is 12.4. The monoisotopic (exact) mass is 488 g/mol. The van der Waals surface area contributed by atoms with E-state index in [9.17, 15) is 9.90 Å². The van der Waals surface area contributed by atoms with Crippen LogP contribution in [0.15, 0.2) is 35.0 Å². The number of hydrogen-bond acceptors (Lipinski definition) is 3. The largest absolute Gasteiger partial charge is 0.0683 e. The van der Waals surface area contributed by atoms with Crippen LogP contribution in [0.1, 0.15) is 61.2 Å². The number of methoxy groups -OCH3 is 1. The predicted molar refractivity (Wildman–Crippen MR) is 108 cm³/mol. The van der Waals surface area contributed by atoms with Crippen molar-refractivity contribution in [1.82, 2.24) is 0 Å². The molecule has 1 aliphatic rings. The van der Waals surface area contributed by atoms with Crippen LogP contribution in [0.4, 0.5) is 0 Å². The smallest absolute Gasteiger partial charge is 0.0683 e. The fraction of sp³-hybridized carbons (Fsp3) is 0.500. The van der Waals surface area contributed by atoms with Gasteiger partial charge in [-0.2, -0.15) is 0 Å². The maximum absolute atomic E-state index is 11.8. The van der Waals surface area contributed by atoms with Gasteiger partial charge in [0, 0.05) is 0 Å². The molecule has 0 saturated heterocycles. The van der Waals surface area contributed by atoms with E-state index in [1.165, 1.54) is 12.7 Å². The molecule has 2 unspecified atom stereocenters. The number of esters is 1. The molecule has 1 fully saturated rings. The van der Waals surface area contributed by atoms with Gasteiger partial charge in [-0.15, -0.1) is 0 Å². The van der Waals surface area contributed by atoms with Gasteiger partial charge in [-0.25, -0.2) is 0 Å². The number of rotatable bonds is 3. The first-order valence-corrected chi connectivity index (χ1v) is 11.4. The van der Waals surface area contributed by atoms with Crippen molar-refractivity contribution in [2.45, 2.75) is 52.1 Å². The third-order valence-corrected chi connectivity index (χ3v) is 8.94. The van der Waals surface area contributed by atoms with Crippen molar-refractivity contribution in [2.24, 2.45) is 5.92 Å². The van der Waals surface area contributed by atoms with Gasteiger partial charge in [0.25, 0.3) is 0 Å². The average molecular weight is 488 g/mol. The molecular weight excluding hydrogens is 461 g/mol. The third kappa shape index (κ3) is 3.84. The van der Waals surface area contributed by atoms with Crippen molar-refractivity contribution < 1.29 is 18.0 Å². The van der Waals surface area contributed by atoms with Gasteiger partial charge in [-0.05, 0) is 0 Å². The topological polar surface area (TPSA) is 50.6 Å². The van der Waals surface area contributed by atoms with E-state index in [2.05, 4.69) is 32.8 Å². The van der Waals surface area contributed by atoms with E-state index < -0.39 is 5.60 Å². The standard InChI is InChI=1S/C18H21BrNO3Se.C2H6/c1-4-13-9-11(2)5-7-18(13,22)16-15(19)14-10-12(17(21)23-3)6-8-20(14)24-16;1-2/h6,8,10,13,22H,2,4-5,7,9H2,1,3H3;1-2H3/q+1;. The van der Waals surface area contributed by atoms with Crippen LogP contribution in [0.3, 0.4) is 0 Å². The van der Waals surface area contributed by atoms with E-state index in [4.69, 9.17) is 4.74 Å². The van der Waals surface area contributed by atoms with Crippen LogP contribution >= 0.6 is 15.9 Å². The van der Waals surface area contributed by atoms with Crippen LogP contribution in [0.5, 0.6) is 0 Å². The average Bonchev–Trinajstić information content (AvgIpc) is 3.01. The summed E-state index contributed by atoms with van der Waals surface area (Å²) in [6.07, 6.45) is 5.28. The Balaban J connectivity index is 0.00000117. The number of nitrogens with zero attached hydrogens (tertiary/aromatic N) is 1. The molecular formula is C20H27BrNO3Se+. The molecule has 6 heteroatoms. The summed E-state index contributed by atoms with van der Waals surface area (Å²) in [5.74, 6) is -0.156. The van der Waals surface area contributed by atoms with Crippen LogP contribution in [0.2, 0.25) is 0 Å². The molecule has 0 bridgehead atoms. The first-order valence-electron chi connectivity index (χ1n) is 9.02. The Morgan fingerprint density at radius 3 is 2.85 bits per heavy atom. The van der Waals surface area contributed by atoms with Crippen LogP contribution in [-0.4, -0.2) is 32.9 Å². The molecule has 0 aliphatic heterocycles. The molecule has 0 radical (unpaired) electrons. The van der Waals surface area contributed by atoms with Gasteiger partial charge in [-0.1, -0.05) is 13.8 Å². The summed E-state index contributed by atoms with van der Waals surface area (Å²) in [6.45, 7) is 10.2. The molecule has 2 atom stereocenters. The molecule has 2 aromatic rings. The minimum Gasteiger partial charge on any atom is -0.0683 e. The van der Waals surface area contributed by atoms with Crippen LogP contribution in [0.25, 0.3) is 5.52 Å². The van der Waals surface area contributed by atoms with Crippen molar-refractivity contribution in [3.8, 4) is 0 Å². The SMILES string of the molecule is C=C1CCC(O)(c2[se][n+]3ccc(C(=O)OC)cc3c2Br)C(CC)C1.CC. The number of ether oxygens (including phenoxy) is 1. The number of carbonyl (C=O) groups is 1. The van der Waals surface area contributed by atoms with Crippen molar-refractivity contribution in [2.75, 3.05) is 7.11 Å². The Kier molecular flexibility index (Phi) is 7.26. The quantitative estimate of drug-likeness (QED) is 0.404. The van der Waals surface area contributed by atoms with E-state index in [1.807, 2.05) is 26.1 Å². The summed E-state index contributed by atoms with van der Waals surface area (Å²) in [6, 6.07) is 3.60. The maximum atomic E-state index is 11.8. The Morgan fingerprint density at radius 1 is 1.54 bits per heavy atom. The number of aromatic nitrogens is 1. The first kappa shape index (κ1) is 21.4. The number of allylic oxidation sites excluding steroid dienone is 1. The van der Waals surface area contributed by atoms with Crippen molar-refractivity contribution in [3.63, 3.8) is 0 Å². The minimum absolute atomic E-state index is 0.0241. The molecule has 1 N–H and O–H groups in total. The zero-order chi connectivity index (χ0) is 19.5. The predicted octanol–water partition coefficient (Wildman–Crippen LogP) is 4.01. The molecule has 1 aliphatic carbocycles. The van der Waals surface area contributed by atoms with E-state index in [1.54, 1.807) is 6.07 Å². The number of halogens is 1. The molecule has 0 spiro atoms. The van der Waals surface area contributed by atoms with Gasteiger partial charge in [-0.3, -0.25) is 0 Å². The number of fused-ring (bicyclic) bond motifs is 1. The molecule has 2 aromatic heterocycles. The van der Waals surface area contributed by atoms with Gasteiger partial charge in [0.2, 0.25) is 0 Å². The summed E-state index contributed by atoms with van der Waals surface area (Å²) in [5, 5.41) is 11.5. The van der Waals surface area contributed by atoms with Gasteiger partial charge < -0.3 is 0 Å². The number of pyridine rings is 1. The van der Waals surface area contributed by atoms with Crippen LogP contribution in [0, 0.1) is 5.92 Å². The fourth-order valence-electron chi connectivity index (χ4n) is 3.47. The molecule has 1 saturated carbocycles. The molecule has 2 heterocycles. The number of hydrogen-bond donors (Lipinski definition) is 1. The van der Waals surface area contributed by atoms with E-state index in [0.29, 0.717) is 5.56 Å². The Labute approximate surface area is 170 Å². The van der Waals surface area contributed by atoms with E-state index in [-0.39, 0.29) is 26.6 Å². The summed E-state index contributed by atoms with van der Waals surface area (Å²) in [5.41, 5.74) is 1.88. The normalized spacial score (nSPS) is 22.7. The zero-order valence-electron chi connectivity index (χ0n) is 15.8. The number of aliphatic hydroxyl groups is 1. The molecule has 26 heavy (non-hydrogen) atoms. The fourth-order valence-corrected chi connectivity index (χ4v) is 7.22. The Hall–Kier alpha value is -0.941. The second-order valence-corrected chi connectivity index (χ2v) is 9.19. The second-order valence-electron chi connectivity index (χ2n) is 6.34. The Morgan fingerprint density at radius 2 is 2.23 bits per heavy atom. The Bertz CT molecular complexity index is 817. The van der Waals surface area contributed by atoms with E-state index >= 15 is 0 Å². The molecule has 4 nitrogen and oxygen atoms in total. The maximum Gasteiger partial charge on any atom is -0.0683 e. The van der Waals surface area contributed by atoms with Gasteiger partial charge in [0.05, 0.1) is 0 Å². The third-order valence-electron chi connectivity index (χ3n) is 4.91. The minimum atomic E-state index is -0.799. The summed E-state index contributed by atoms with van der Waals surface area (Å²) < 4.78 is 8.91. The molecule has 0 amide bonds. The van der Waals surface area contributed by atoms with Crippen molar-refractivity contribution in [1.29, 1.82) is 0 Å². The van der Waals surface area contributed by atoms with Gasteiger partial charge in [0.1, 0.15) is 0 Å². The van der Waals surface area contributed by atoms with Gasteiger partial charge >= 0.3 is 156 Å². The summed E-state index contributed by atoms with van der Waals surface area (Å²) in [7, 11) is 1.38. The molecule has 142 valence electrons. The van der Waals surface area contributed by atoms with E-state index in [0.717, 1.165) is 40.1 Å². The van der Waals surface area contributed by atoms with Crippen LogP contribution in [-0.2, 0) is 10.3 Å². The number of carbonyl (C=O) groups excluding carboxylic acids is 1. The molecule has 3 rings (SSSR count). The summed E-state index contributed by atoms with van der Waals surface area (Å²) >= 11 is 3.67. The van der Waals surface area contributed by atoms with Crippen LogP contribution < -0.4 is 3.40 Å². The van der Waals surface area contributed by atoms with Crippen molar-refractivity contribution in [3.05, 3.63) is 45.0 Å². The van der Waals surface area contributed by atoms with Gasteiger partial charge in [0.15, 0.2) is 0 Å². The second kappa shape index (κ2) is 8.83. The molecule has 0 aromatic carbocycles. The summed E-state index contributed by atoms with van der Waals surface area (Å²) in [4.78, 5) is 11.8. The zero-order valence-corrected chi connectivity index (χ0v) is 19.1.